The van der Waals surface area contributed by atoms with Crippen LogP contribution in [0, 0.1) is 0 Å². The molecule has 9 heteroatoms. The smallest absolute Gasteiger partial charge is 0.263 e. The van der Waals surface area contributed by atoms with Crippen LogP contribution >= 0.6 is 0 Å². The molecule has 2 aromatic carbocycles. The maximum Gasteiger partial charge on any atom is 0.263 e. The molecule has 2 aromatic heterocycles. The third-order valence-corrected chi connectivity index (χ3v) is 5.24. The van der Waals surface area contributed by atoms with Gasteiger partial charge in [-0.25, -0.2) is 4.68 Å². The number of benzene rings is 2. The molecule has 1 saturated heterocycles. The molecule has 0 saturated carbocycles. The lowest BCUT2D eigenvalue weighted by molar-refractivity contribution is -0.117. The van der Waals surface area contributed by atoms with E-state index in [-0.39, 0.29) is 17.4 Å². The van der Waals surface area contributed by atoms with Gasteiger partial charge >= 0.3 is 0 Å². The van der Waals surface area contributed by atoms with E-state index in [2.05, 4.69) is 20.4 Å². The Morgan fingerprint density at radius 1 is 1.13 bits per heavy atom. The van der Waals surface area contributed by atoms with Crippen LogP contribution in [0.4, 0.5) is 17.3 Å². The Morgan fingerprint density at radius 3 is 2.71 bits per heavy atom. The number of carbonyl (C=O) groups excluding carboxylic acids is 1. The number of anilines is 3. The summed E-state index contributed by atoms with van der Waals surface area (Å²) >= 11 is 0. The van der Waals surface area contributed by atoms with Crippen LogP contribution in [0.2, 0.25) is 0 Å². The minimum atomic E-state index is -0.293. The fourth-order valence-electron chi connectivity index (χ4n) is 3.75. The van der Waals surface area contributed by atoms with Crippen LogP contribution in [0.15, 0.2) is 59.5 Å². The van der Waals surface area contributed by atoms with Crippen LogP contribution in [0.25, 0.3) is 16.7 Å². The zero-order valence-electron chi connectivity index (χ0n) is 16.8. The summed E-state index contributed by atoms with van der Waals surface area (Å²) in [6.07, 6.45) is 2.84. The molecular weight excluding hydrogens is 396 g/mol. The van der Waals surface area contributed by atoms with Crippen molar-refractivity contribution in [2.45, 2.75) is 12.8 Å². The number of H-pyrrole nitrogens is 1. The summed E-state index contributed by atoms with van der Waals surface area (Å²) in [5.41, 5.74) is 2.32. The lowest BCUT2D eigenvalue weighted by Gasteiger charge is -2.20. The highest BCUT2D eigenvalue weighted by Crippen LogP contribution is 2.34. The molecule has 0 bridgehead atoms. The Kier molecular flexibility index (Phi) is 4.62. The Balaban J connectivity index is 1.54. The number of hydrogen-bond donors (Lipinski definition) is 2. The first-order chi connectivity index (χ1) is 15.1. The number of nitrogens with zero attached hydrogens (tertiary/aromatic N) is 4. The second-order valence-corrected chi connectivity index (χ2v) is 7.20. The summed E-state index contributed by atoms with van der Waals surface area (Å²) in [6, 6.07) is 14.9. The van der Waals surface area contributed by atoms with E-state index in [0.717, 1.165) is 12.1 Å². The van der Waals surface area contributed by atoms with E-state index in [0.29, 0.717) is 41.1 Å². The fourth-order valence-corrected chi connectivity index (χ4v) is 3.75. The normalized spacial score (nSPS) is 13.7. The van der Waals surface area contributed by atoms with Gasteiger partial charge in [-0.3, -0.25) is 14.6 Å². The van der Waals surface area contributed by atoms with E-state index >= 15 is 0 Å². The number of para-hydroxylation sites is 1. The summed E-state index contributed by atoms with van der Waals surface area (Å²) < 4.78 is 7.06. The van der Waals surface area contributed by atoms with Crippen molar-refractivity contribution in [2.75, 3.05) is 23.9 Å². The summed E-state index contributed by atoms with van der Waals surface area (Å²) in [4.78, 5) is 33.9. The molecule has 0 atom stereocenters. The molecule has 5 rings (SSSR count). The molecule has 4 aromatic rings. The van der Waals surface area contributed by atoms with Crippen LogP contribution in [0.3, 0.4) is 0 Å². The van der Waals surface area contributed by atoms with E-state index in [9.17, 15) is 9.59 Å². The predicted molar refractivity (Wildman–Crippen MR) is 117 cm³/mol. The first-order valence-electron chi connectivity index (χ1n) is 9.93. The fraction of sp³-hybridized carbons (Fsp3) is 0.182. The third kappa shape index (κ3) is 3.39. The second kappa shape index (κ2) is 7.60. The van der Waals surface area contributed by atoms with Crippen molar-refractivity contribution in [3.63, 3.8) is 0 Å². The zero-order valence-corrected chi connectivity index (χ0v) is 16.8. The summed E-state index contributed by atoms with van der Waals surface area (Å²) in [6.45, 7) is 0.649. The first kappa shape index (κ1) is 18.9. The number of methoxy groups -OCH3 is 1. The molecule has 31 heavy (non-hydrogen) atoms. The molecular formula is C22H20N6O3. The van der Waals surface area contributed by atoms with Gasteiger partial charge in [-0.1, -0.05) is 18.2 Å². The molecule has 0 spiro atoms. The lowest BCUT2D eigenvalue weighted by atomic mass is 10.2. The Hall–Kier alpha value is -4.14. The summed E-state index contributed by atoms with van der Waals surface area (Å²) in [5.74, 6) is 0.953. The number of carbonyl (C=O) groups is 1. The molecule has 1 aliphatic rings. The number of amides is 1. The van der Waals surface area contributed by atoms with E-state index < -0.39 is 0 Å². The van der Waals surface area contributed by atoms with Crippen LogP contribution in [0.5, 0.6) is 5.75 Å². The highest BCUT2D eigenvalue weighted by molar-refractivity contribution is 5.97. The maximum absolute atomic E-state index is 12.6. The standard InChI is InChI=1S/C22H20N6O3/c1-31-18-10-9-14(12-17(18)27-11-5-8-19(27)29)24-22-25-20-16(21(30)26-22)13-23-28(20)15-6-3-2-4-7-15/h2-4,6-7,9-10,12-13H,5,8,11H2,1H3,(H2,24,25,26,30). The second-order valence-electron chi connectivity index (χ2n) is 7.20. The van der Waals surface area contributed by atoms with Crippen molar-refractivity contribution >= 4 is 34.3 Å². The highest BCUT2D eigenvalue weighted by atomic mass is 16.5. The first-order valence-corrected chi connectivity index (χ1v) is 9.93. The quantitative estimate of drug-likeness (QED) is 0.518. The SMILES string of the molecule is COc1ccc(Nc2nc3c(cnn3-c3ccccc3)c(=O)[nH]2)cc1N1CCCC1=O. The van der Waals surface area contributed by atoms with Gasteiger partial charge in [-0.2, -0.15) is 10.1 Å². The van der Waals surface area contributed by atoms with Crippen LogP contribution in [-0.4, -0.2) is 39.3 Å². The topological polar surface area (TPSA) is 105 Å². The van der Waals surface area contributed by atoms with E-state index in [1.54, 1.807) is 22.8 Å². The van der Waals surface area contributed by atoms with Gasteiger partial charge in [0, 0.05) is 18.7 Å². The largest absolute Gasteiger partial charge is 0.495 e. The van der Waals surface area contributed by atoms with Gasteiger partial charge in [0.1, 0.15) is 11.1 Å². The van der Waals surface area contributed by atoms with Gasteiger partial charge in [0.15, 0.2) is 5.65 Å². The average molecular weight is 416 g/mol. The molecule has 0 aliphatic carbocycles. The van der Waals surface area contributed by atoms with Gasteiger partial charge in [0.05, 0.1) is 24.7 Å². The molecule has 1 amide bonds. The van der Waals surface area contributed by atoms with E-state index in [1.165, 1.54) is 6.20 Å². The molecule has 0 radical (unpaired) electrons. The number of aromatic amines is 1. The molecule has 9 nitrogen and oxygen atoms in total. The van der Waals surface area contributed by atoms with Gasteiger partial charge in [0.25, 0.3) is 5.56 Å². The zero-order chi connectivity index (χ0) is 21.4. The molecule has 2 N–H and O–H groups in total. The van der Waals surface area contributed by atoms with Crippen molar-refractivity contribution in [2.24, 2.45) is 0 Å². The van der Waals surface area contributed by atoms with Crippen LogP contribution < -0.4 is 20.5 Å². The molecule has 1 aliphatic heterocycles. The van der Waals surface area contributed by atoms with Crippen molar-refractivity contribution < 1.29 is 9.53 Å². The Labute approximate surface area is 177 Å². The number of hydrogen-bond acceptors (Lipinski definition) is 6. The molecule has 3 heterocycles. The Morgan fingerprint density at radius 2 is 1.97 bits per heavy atom. The van der Waals surface area contributed by atoms with Gasteiger partial charge in [-0.05, 0) is 36.8 Å². The molecule has 0 unspecified atom stereocenters. The molecule has 156 valence electrons. The van der Waals surface area contributed by atoms with E-state index in [1.807, 2.05) is 42.5 Å². The minimum absolute atomic E-state index is 0.0650. The van der Waals surface area contributed by atoms with Gasteiger partial charge in [0.2, 0.25) is 11.9 Å². The lowest BCUT2D eigenvalue weighted by Crippen LogP contribution is -2.24. The predicted octanol–water partition coefficient (Wildman–Crippen LogP) is 2.99. The number of rotatable bonds is 5. The monoisotopic (exact) mass is 416 g/mol. The van der Waals surface area contributed by atoms with Gasteiger partial charge < -0.3 is 15.0 Å². The average Bonchev–Trinajstić information content (AvgIpc) is 3.41. The minimum Gasteiger partial charge on any atom is -0.495 e. The number of nitrogens with one attached hydrogen (secondary N) is 2. The number of ether oxygens (including phenoxy) is 1. The maximum atomic E-state index is 12.6. The third-order valence-electron chi connectivity index (χ3n) is 5.24. The summed E-state index contributed by atoms with van der Waals surface area (Å²) in [7, 11) is 1.57. The number of aromatic nitrogens is 4. The molecule has 1 fully saturated rings. The van der Waals surface area contributed by atoms with Crippen molar-refractivity contribution in [1.29, 1.82) is 0 Å². The summed E-state index contributed by atoms with van der Waals surface area (Å²) in [5, 5.41) is 7.85. The Bertz CT molecular complexity index is 1330. The van der Waals surface area contributed by atoms with Crippen LogP contribution in [-0.2, 0) is 4.79 Å². The number of fused-ring (bicyclic) bond motifs is 1. The van der Waals surface area contributed by atoms with Gasteiger partial charge in [-0.15, -0.1) is 0 Å². The highest BCUT2D eigenvalue weighted by Gasteiger charge is 2.25. The van der Waals surface area contributed by atoms with Crippen molar-refractivity contribution in [3.05, 3.63) is 65.1 Å². The van der Waals surface area contributed by atoms with Crippen molar-refractivity contribution in [1.82, 2.24) is 19.7 Å². The van der Waals surface area contributed by atoms with E-state index in [4.69, 9.17) is 4.74 Å². The van der Waals surface area contributed by atoms with Crippen molar-refractivity contribution in [3.8, 4) is 11.4 Å². The van der Waals surface area contributed by atoms with Crippen LogP contribution in [0.1, 0.15) is 12.8 Å².